The minimum Gasteiger partial charge on any atom is -0.521 e. The zero-order valence-electron chi connectivity index (χ0n) is 8.88. The molecule has 0 bridgehead atoms. The lowest BCUT2D eigenvalue weighted by Gasteiger charge is -2.16. The monoisotopic (exact) mass is 235 g/mol. The average Bonchev–Trinajstić information content (AvgIpc) is 2.25. The average molecular weight is 235 g/mol. The molecule has 0 aliphatic carbocycles. The van der Waals surface area contributed by atoms with Gasteiger partial charge < -0.3 is 27.2 Å². The molecule has 0 unspecified atom stereocenters. The van der Waals surface area contributed by atoms with Crippen LogP contribution in [-0.2, 0) is 0 Å². The Balaban J connectivity index is 2.79. The van der Waals surface area contributed by atoms with Gasteiger partial charge in [0.1, 0.15) is 17.2 Å². The molecule has 0 aliphatic heterocycles. The van der Waals surface area contributed by atoms with E-state index in [1.54, 1.807) is 6.07 Å². The molecule has 1 rings (SSSR count). The van der Waals surface area contributed by atoms with Crippen LogP contribution in [-0.4, -0.2) is 27.7 Å². The molecule has 3 nitrogen and oxygen atoms in total. The van der Waals surface area contributed by atoms with Crippen molar-refractivity contribution in [3.63, 3.8) is 0 Å². The Bertz CT molecular complexity index is 332. The van der Waals surface area contributed by atoms with Crippen molar-refractivity contribution in [1.82, 2.24) is 0 Å². The van der Waals surface area contributed by atoms with Gasteiger partial charge in [-0.2, -0.15) is 0 Å². The van der Waals surface area contributed by atoms with Gasteiger partial charge in [0.15, 0.2) is 0 Å². The SMILES string of the molecule is COc1cc(OC)cc(OC[B-](F)(F)F)c1. The molecule has 0 fully saturated rings. The summed E-state index contributed by atoms with van der Waals surface area (Å²) in [6.07, 6.45) is 0. The number of hydrogen-bond donors (Lipinski definition) is 0. The van der Waals surface area contributed by atoms with Crippen molar-refractivity contribution in [3.05, 3.63) is 18.2 Å². The quantitative estimate of drug-likeness (QED) is 0.733. The fourth-order valence-electron chi connectivity index (χ4n) is 1.06. The molecule has 1 aromatic rings. The summed E-state index contributed by atoms with van der Waals surface area (Å²) in [6.45, 7) is -6.25. The summed E-state index contributed by atoms with van der Waals surface area (Å²) in [6, 6.07) is 4.28. The minimum atomic E-state index is -4.97. The first-order valence-electron chi connectivity index (χ1n) is 4.51. The minimum absolute atomic E-state index is 0.0652. The maximum atomic E-state index is 12.0. The van der Waals surface area contributed by atoms with Crippen LogP contribution in [0.15, 0.2) is 18.2 Å². The van der Waals surface area contributed by atoms with E-state index in [1.807, 2.05) is 0 Å². The molecule has 0 amide bonds. The van der Waals surface area contributed by atoms with E-state index in [4.69, 9.17) is 9.47 Å². The van der Waals surface area contributed by atoms with Gasteiger partial charge in [0.25, 0.3) is 0 Å². The molecule has 0 radical (unpaired) electrons. The molecule has 7 heteroatoms. The van der Waals surface area contributed by atoms with Gasteiger partial charge in [0, 0.05) is 18.2 Å². The second kappa shape index (κ2) is 5.00. The van der Waals surface area contributed by atoms with Gasteiger partial charge in [-0.3, -0.25) is 0 Å². The van der Waals surface area contributed by atoms with Crippen LogP contribution in [0.5, 0.6) is 17.2 Å². The van der Waals surface area contributed by atoms with Gasteiger partial charge in [0.05, 0.1) is 20.7 Å². The van der Waals surface area contributed by atoms with Gasteiger partial charge in [-0.1, -0.05) is 0 Å². The van der Waals surface area contributed by atoms with Crippen molar-refractivity contribution in [2.75, 3.05) is 20.7 Å². The Morgan fingerprint density at radius 1 is 0.938 bits per heavy atom. The highest BCUT2D eigenvalue weighted by Gasteiger charge is 2.24. The largest absolute Gasteiger partial charge is 0.521 e. The predicted octanol–water partition coefficient (Wildman–Crippen LogP) is 2.47. The summed E-state index contributed by atoms with van der Waals surface area (Å²) in [5.74, 6) is 0.823. The lowest BCUT2D eigenvalue weighted by molar-refractivity contribution is 0.308. The number of methoxy groups -OCH3 is 2. The first-order valence-corrected chi connectivity index (χ1v) is 4.51. The number of ether oxygens (including phenoxy) is 3. The fraction of sp³-hybridized carbons (Fsp3) is 0.333. The molecule has 0 heterocycles. The zero-order chi connectivity index (χ0) is 12.2. The van der Waals surface area contributed by atoms with E-state index in [0.29, 0.717) is 11.5 Å². The van der Waals surface area contributed by atoms with Crippen molar-refractivity contribution >= 4 is 6.98 Å². The first kappa shape index (κ1) is 12.5. The van der Waals surface area contributed by atoms with Crippen molar-refractivity contribution in [3.8, 4) is 17.2 Å². The summed E-state index contributed by atoms with van der Waals surface area (Å²) >= 11 is 0. The van der Waals surface area contributed by atoms with Crippen LogP contribution in [0.25, 0.3) is 0 Å². The smallest absolute Gasteiger partial charge is 0.515 e. The van der Waals surface area contributed by atoms with E-state index >= 15 is 0 Å². The van der Waals surface area contributed by atoms with Gasteiger partial charge in [0.2, 0.25) is 0 Å². The van der Waals surface area contributed by atoms with Crippen molar-refractivity contribution in [2.45, 2.75) is 0 Å². The Morgan fingerprint density at radius 2 is 1.38 bits per heavy atom. The summed E-state index contributed by atoms with van der Waals surface area (Å²) < 4.78 is 50.3. The van der Waals surface area contributed by atoms with E-state index in [-0.39, 0.29) is 5.75 Å². The summed E-state index contributed by atoms with van der Waals surface area (Å²) in [4.78, 5) is 0. The zero-order valence-corrected chi connectivity index (χ0v) is 8.88. The van der Waals surface area contributed by atoms with Crippen molar-refractivity contribution in [1.29, 1.82) is 0 Å². The highest BCUT2D eigenvalue weighted by Crippen LogP contribution is 2.28. The molecule has 1 aromatic carbocycles. The topological polar surface area (TPSA) is 27.7 Å². The molecule has 0 spiro atoms. The van der Waals surface area contributed by atoms with Gasteiger partial charge in [-0.15, -0.1) is 0 Å². The van der Waals surface area contributed by atoms with Gasteiger partial charge in [-0.05, 0) is 0 Å². The second-order valence-corrected chi connectivity index (χ2v) is 3.07. The fourth-order valence-corrected chi connectivity index (χ4v) is 1.06. The first-order chi connectivity index (χ1) is 7.44. The third-order valence-corrected chi connectivity index (χ3v) is 1.76. The van der Waals surface area contributed by atoms with E-state index in [1.165, 1.54) is 26.4 Å². The summed E-state index contributed by atoms with van der Waals surface area (Å²) in [7, 11) is 2.82. The maximum absolute atomic E-state index is 12.0. The Hall–Kier alpha value is -1.53. The normalized spacial score (nSPS) is 11.1. The van der Waals surface area contributed by atoms with Crippen LogP contribution in [0.2, 0.25) is 0 Å². The molecule has 90 valence electrons. The van der Waals surface area contributed by atoms with Gasteiger partial charge in [-0.25, -0.2) is 0 Å². The van der Waals surface area contributed by atoms with E-state index < -0.39 is 13.5 Å². The lowest BCUT2D eigenvalue weighted by atomic mass is 9.95. The predicted molar refractivity (Wildman–Crippen MR) is 54.1 cm³/mol. The van der Waals surface area contributed by atoms with E-state index in [0.717, 1.165) is 0 Å². The highest BCUT2D eigenvalue weighted by molar-refractivity contribution is 6.58. The Kier molecular flexibility index (Phi) is 3.92. The van der Waals surface area contributed by atoms with Crippen molar-refractivity contribution < 1.29 is 27.2 Å². The number of halogens is 3. The third kappa shape index (κ3) is 3.92. The summed E-state index contributed by atoms with van der Waals surface area (Å²) in [5.41, 5.74) is 0. The molecular formula is C9H11BF3O3-. The number of rotatable bonds is 5. The van der Waals surface area contributed by atoms with Crippen molar-refractivity contribution in [2.24, 2.45) is 0 Å². The van der Waals surface area contributed by atoms with E-state index in [9.17, 15) is 12.9 Å². The van der Waals surface area contributed by atoms with Crippen LogP contribution >= 0.6 is 0 Å². The third-order valence-electron chi connectivity index (χ3n) is 1.76. The molecule has 0 aromatic heterocycles. The molecule has 0 saturated heterocycles. The standard InChI is InChI=1S/C9H11BF3O3/c1-14-7-3-8(15-2)5-9(4-7)16-6-10(11,12)13/h3-5H,6H2,1-2H3/q-1. The molecule has 0 aliphatic rings. The molecule has 0 atom stereocenters. The maximum Gasteiger partial charge on any atom is 0.515 e. The number of benzene rings is 1. The highest BCUT2D eigenvalue weighted by atomic mass is 19.4. The number of hydrogen-bond acceptors (Lipinski definition) is 3. The molecule has 16 heavy (non-hydrogen) atoms. The Labute approximate surface area is 91.2 Å². The second-order valence-electron chi connectivity index (χ2n) is 3.07. The van der Waals surface area contributed by atoms with Crippen LogP contribution in [0, 0.1) is 0 Å². The van der Waals surface area contributed by atoms with Crippen LogP contribution in [0.1, 0.15) is 0 Å². The van der Waals surface area contributed by atoms with Crippen LogP contribution in [0.3, 0.4) is 0 Å². The van der Waals surface area contributed by atoms with E-state index in [2.05, 4.69) is 4.74 Å². The summed E-state index contributed by atoms with van der Waals surface area (Å²) in [5, 5.41) is 0. The molecule has 0 N–H and O–H groups in total. The van der Waals surface area contributed by atoms with Crippen LogP contribution < -0.4 is 14.2 Å². The molecule has 0 saturated carbocycles. The molecular weight excluding hydrogens is 224 g/mol. The Morgan fingerprint density at radius 3 is 1.75 bits per heavy atom. The lowest BCUT2D eigenvalue weighted by Crippen LogP contribution is -2.26. The van der Waals surface area contributed by atoms with Crippen LogP contribution in [0.4, 0.5) is 12.9 Å². The van der Waals surface area contributed by atoms with Gasteiger partial charge >= 0.3 is 6.98 Å².